The molecule has 0 atom stereocenters. The van der Waals surface area contributed by atoms with Crippen LogP contribution in [0.3, 0.4) is 0 Å². The lowest BCUT2D eigenvalue weighted by Gasteiger charge is -1.99. The number of nitrogens with one attached hydrogen (secondary N) is 1. The Bertz CT molecular complexity index is 416. The van der Waals surface area contributed by atoms with Crippen molar-refractivity contribution in [3.63, 3.8) is 0 Å². The molecule has 0 saturated carbocycles. The van der Waals surface area contributed by atoms with Crippen LogP contribution in [0.1, 0.15) is 23.4 Å². The van der Waals surface area contributed by atoms with Gasteiger partial charge in [-0.05, 0) is 13.3 Å². The van der Waals surface area contributed by atoms with E-state index in [1.165, 1.54) is 11.3 Å². The fourth-order valence-corrected chi connectivity index (χ4v) is 2.10. The Balaban J connectivity index is 2.44. The second-order valence-electron chi connectivity index (χ2n) is 3.52. The van der Waals surface area contributed by atoms with Gasteiger partial charge in [-0.25, -0.2) is 4.98 Å². The number of rotatable bonds is 7. The van der Waals surface area contributed by atoms with E-state index in [0.29, 0.717) is 23.8 Å². The minimum absolute atomic E-state index is 0.0842. The molecule has 94 valence electrons. The van der Waals surface area contributed by atoms with Crippen LogP contribution < -0.4 is 5.32 Å². The highest BCUT2D eigenvalue weighted by Gasteiger charge is 2.10. The molecule has 0 aromatic carbocycles. The molecule has 3 N–H and O–H groups in total. The van der Waals surface area contributed by atoms with Crippen LogP contribution in [-0.2, 0) is 16.0 Å². The van der Waals surface area contributed by atoms with Crippen molar-refractivity contribution < 1.29 is 19.8 Å². The molecule has 0 unspecified atom stereocenters. The average Bonchev–Trinajstić information content (AvgIpc) is 2.53. The highest BCUT2D eigenvalue weighted by Crippen LogP contribution is 2.22. The molecule has 0 spiro atoms. The first-order valence-electron chi connectivity index (χ1n) is 5.13. The van der Waals surface area contributed by atoms with Crippen LogP contribution in [0.15, 0.2) is 0 Å². The standard InChI is InChI=1S/C10H14N2O4S/c1-6-7(5-9(15)16)12-10(17-6)11-4-2-3-8(13)14/h2-5H2,1H3,(H,11,12)(H,13,14)(H,15,16). The van der Waals surface area contributed by atoms with E-state index >= 15 is 0 Å². The quantitative estimate of drug-likeness (QED) is 0.638. The number of carbonyl (C=O) groups is 2. The van der Waals surface area contributed by atoms with Crippen molar-refractivity contribution in [2.24, 2.45) is 0 Å². The molecule has 0 radical (unpaired) electrons. The van der Waals surface area contributed by atoms with Crippen molar-refractivity contribution in [2.45, 2.75) is 26.2 Å². The maximum atomic E-state index is 10.5. The van der Waals surface area contributed by atoms with Crippen molar-refractivity contribution in [3.8, 4) is 0 Å². The largest absolute Gasteiger partial charge is 0.481 e. The van der Waals surface area contributed by atoms with Gasteiger partial charge in [0.2, 0.25) is 0 Å². The zero-order valence-corrected chi connectivity index (χ0v) is 10.2. The Labute approximate surface area is 102 Å². The molecule has 0 saturated heterocycles. The number of hydrogen-bond donors (Lipinski definition) is 3. The molecule has 1 rings (SSSR count). The van der Waals surface area contributed by atoms with Crippen LogP contribution in [0, 0.1) is 6.92 Å². The SMILES string of the molecule is Cc1sc(NCCCC(=O)O)nc1CC(=O)O. The molecule has 7 heteroatoms. The minimum atomic E-state index is -0.907. The van der Waals surface area contributed by atoms with Gasteiger partial charge in [0.1, 0.15) is 0 Å². The lowest BCUT2D eigenvalue weighted by atomic mass is 10.3. The summed E-state index contributed by atoms with van der Waals surface area (Å²) in [6, 6.07) is 0. The Morgan fingerprint density at radius 2 is 2.06 bits per heavy atom. The Kier molecular flexibility index (Phi) is 4.89. The Morgan fingerprint density at radius 3 is 2.65 bits per heavy atom. The number of hydrogen-bond acceptors (Lipinski definition) is 5. The molecule has 17 heavy (non-hydrogen) atoms. The molecule has 0 fully saturated rings. The summed E-state index contributed by atoms with van der Waals surface area (Å²) in [5.41, 5.74) is 0.559. The lowest BCUT2D eigenvalue weighted by molar-refractivity contribution is -0.137. The zero-order valence-electron chi connectivity index (χ0n) is 9.39. The van der Waals surface area contributed by atoms with Gasteiger partial charge in [-0.15, -0.1) is 11.3 Å². The predicted octanol–water partition coefficient (Wildman–Crippen LogP) is 1.36. The fourth-order valence-electron chi connectivity index (χ4n) is 1.25. The molecule has 0 aliphatic heterocycles. The molecule has 0 bridgehead atoms. The number of thiazole rings is 1. The third-order valence-electron chi connectivity index (χ3n) is 2.05. The third-order valence-corrected chi connectivity index (χ3v) is 3.03. The van der Waals surface area contributed by atoms with Gasteiger partial charge >= 0.3 is 11.9 Å². The summed E-state index contributed by atoms with van der Waals surface area (Å²) in [7, 11) is 0. The summed E-state index contributed by atoms with van der Waals surface area (Å²) < 4.78 is 0. The summed E-state index contributed by atoms with van der Waals surface area (Å²) in [5.74, 6) is -1.73. The lowest BCUT2D eigenvalue weighted by Crippen LogP contribution is -2.05. The van der Waals surface area contributed by atoms with Crippen LogP contribution >= 0.6 is 11.3 Å². The third kappa shape index (κ3) is 4.81. The van der Waals surface area contributed by atoms with Gasteiger partial charge in [-0.2, -0.15) is 0 Å². The molecule has 1 aromatic rings. The maximum Gasteiger partial charge on any atom is 0.309 e. The molecular formula is C10H14N2O4S. The van der Waals surface area contributed by atoms with Crippen LogP contribution in [0.4, 0.5) is 5.13 Å². The summed E-state index contributed by atoms with van der Waals surface area (Å²) in [5, 5.41) is 20.7. The number of nitrogens with zero attached hydrogens (tertiary/aromatic N) is 1. The normalized spacial score (nSPS) is 10.2. The molecule has 0 aliphatic rings. The Morgan fingerprint density at radius 1 is 1.35 bits per heavy atom. The van der Waals surface area contributed by atoms with Crippen LogP contribution in [0.5, 0.6) is 0 Å². The maximum absolute atomic E-state index is 10.5. The van der Waals surface area contributed by atoms with Crippen LogP contribution in [0.2, 0.25) is 0 Å². The number of anilines is 1. The van der Waals surface area contributed by atoms with Crippen molar-refractivity contribution in [1.29, 1.82) is 0 Å². The fraction of sp³-hybridized carbons (Fsp3) is 0.500. The molecule has 0 aliphatic carbocycles. The Hall–Kier alpha value is -1.63. The number of carboxylic acid groups (broad SMARTS) is 2. The van der Waals surface area contributed by atoms with Crippen molar-refractivity contribution in [1.82, 2.24) is 4.98 Å². The number of aliphatic carboxylic acids is 2. The highest BCUT2D eigenvalue weighted by molar-refractivity contribution is 7.15. The van der Waals surface area contributed by atoms with Gasteiger partial charge in [0, 0.05) is 17.8 Å². The second-order valence-corrected chi connectivity index (χ2v) is 4.72. The van der Waals surface area contributed by atoms with E-state index in [4.69, 9.17) is 10.2 Å². The zero-order chi connectivity index (χ0) is 12.8. The van der Waals surface area contributed by atoms with Gasteiger partial charge in [0.25, 0.3) is 0 Å². The molecule has 1 aromatic heterocycles. The summed E-state index contributed by atoms with van der Waals surface area (Å²) >= 11 is 1.38. The van der Waals surface area contributed by atoms with E-state index in [9.17, 15) is 9.59 Å². The van der Waals surface area contributed by atoms with E-state index in [0.717, 1.165) is 4.88 Å². The minimum Gasteiger partial charge on any atom is -0.481 e. The smallest absolute Gasteiger partial charge is 0.309 e. The second kappa shape index (κ2) is 6.19. The molecule has 6 nitrogen and oxygen atoms in total. The van der Waals surface area contributed by atoms with E-state index in [1.807, 2.05) is 6.92 Å². The van der Waals surface area contributed by atoms with Gasteiger partial charge in [0.05, 0.1) is 12.1 Å². The van der Waals surface area contributed by atoms with Crippen LogP contribution in [0.25, 0.3) is 0 Å². The van der Waals surface area contributed by atoms with E-state index in [1.54, 1.807) is 0 Å². The highest BCUT2D eigenvalue weighted by atomic mass is 32.1. The average molecular weight is 258 g/mol. The van der Waals surface area contributed by atoms with Gasteiger partial charge < -0.3 is 15.5 Å². The summed E-state index contributed by atoms with van der Waals surface area (Å²) in [6.07, 6.45) is 0.542. The van der Waals surface area contributed by atoms with Gasteiger partial charge in [-0.3, -0.25) is 9.59 Å². The van der Waals surface area contributed by atoms with Crippen molar-refractivity contribution in [2.75, 3.05) is 11.9 Å². The van der Waals surface area contributed by atoms with E-state index in [-0.39, 0.29) is 12.8 Å². The van der Waals surface area contributed by atoms with Crippen LogP contribution in [-0.4, -0.2) is 33.7 Å². The first-order valence-corrected chi connectivity index (χ1v) is 5.94. The first-order chi connectivity index (χ1) is 7.99. The van der Waals surface area contributed by atoms with E-state index in [2.05, 4.69) is 10.3 Å². The summed E-state index contributed by atoms with van der Waals surface area (Å²) in [4.78, 5) is 25.8. The van der Waals surface area contributed by atoms with E-state index < -0.39 is 11.9 Å². The molecule has 1 heterocycles. The monoisotopic (exact) mass is 258 g/mol. The van der Waals surface area contributed by atoms with Crippen molar-refractivity contribution >= 4 is 28.4 Å². The number of aryl methyl sites for hydroxylation is 1. The predicted molar refractivity (Wildman–Crippen MR) is 63.6 cm³/mol. The topological polar surface area (TPSA) is 99.5 Å². The molecule has 0 amide bonds. The summed E-state index contributed by atoms with van der Waals surface area (Å²) in [6.45, 7) is 2.34. The molecular weight excluding hydrogens is 244 g/mol. The van der Waals surface area contributed by atoms with Crippen molar-refractivity contribution in [3.05, 3.63) is 10.6 Å². The number of carboxylic acids is 2. The van der Waals surface area contributed by atoms with Gasteiger partial charge in [-0.1, -0.05) is 0 Å². The number of aromatic nitrogens is 1. The van der Waals surface area contributed by atoms with Gasteiger partial charge in [0.15, 0.2) is 5.13 Å². The first kappa shape index (κ1) is 13.4.